The van der Waals surface area contributed by atoms with Gasteiger partial charge in [-0.3, -0.25) is 9.80 Å². The van der Waals surface area contributed by atoms with Crippen molar-refractivity contribution >= 4 is 12.2 Å². The van der Waals surface area contributed by atoms with Crippen molar-refractivity contribution < 1.29 is 19.1 Å². The average Bonchev–Trinajstić information content (AvgIpc) is 3.81. The molecule has 2 fully saturated rings. The van der Waals surface area contributed by atoms with E-state index in [1.807, 2.05) is 55.4 Å². The lowest BCUT2D eigenvalue weighted by atomic mass is 10.0. The molecule has 0 spiro atoms. The number of H-pyrrole nitrogens is 2. The Balaban J connectivity index is 1.15. The number of imidazole rings is 2. The first-order valence-electron chi connectivity index (χ1n) is 17.0. The number of ether oxygens (including phenoxy) is 2. The second-order valence-corrected chi connectivity index (χ2v) is 15.0. The van der Waals surface area contributed by atoms with E-state index in [-0.39, 0.29) is 24.3 Å². The second kappa shape index (κ2) is 12.8. The topological polar surface area (TPSA) is 116 Å². The fourth-order valence-corrected chi connectivity index (χ4v) is 6.67. The van der Waals surface area contributed by atoms with E-state index in [9.17, 15) is 9.59 Å². The summed E-state index contributed by atoms with van der Waals surface area (Å²) in [5.74, 6) is 1.60. The van der Waals surface area contributed by atoms with Crippen molar-refractivity contribution in [2.45, 2.75) is 104 Å². The minimum Gasteiger partial charge on any atom is -0.444 e. The van der Waals surface area contributed by atoms with Crippen LogP contribution in [0.15, 0.2) is 48.5 Å². The van der Waals surface area contributed by atoms with Gasteiger partial charge in [0.05, 0.1) is 23.5 Å². The number of hydrogen-bond acceptors (Lipinski definition) is 6. The third kappa shape index (κ3) is 7.12. The molecular weight excluding hydrogens is 604 g/mol. The van der Waals surface area contributed by atoms with Crippen LogP contribution in [-0.2, 0) is 9.47 Å². The smallest absolute Gasteiger partial charge is 0.410 e. The molecule has 0 aliphatic carbocycles. The molecule has 0 saturated carbocycles. The minimum atomic E-state index is -0.542. The maximum atomic E-state index is 12.9. The molecule has 10 heteroatoms. The zero-order chi connectivity index (χ0) is 34.4. The van der Waals surface area contributed by atoms with Crippen LogP contribution in [0.3, 0.4) is 0 Å². The number of amides is 2. The summed E-state index contributed by atoms with van der Waals surface area (Å²) in [5.41, 5.74) is 6.87. The number of aryl methyl sites for hydroxylation is 2. The molecule has 0 radical (unpaired) electrons. The Hall–Kier alpha value is -4.60. The molecule has 4 aromatic rings. The summed E-state index contributed by atoms with van der Waals surface area (Å²) >= 11 is 0. The number of nitrogens with zero attached hydrogens (tertiary/aromatic N) is 4. The van der Waals surface area contributed by atoms with Crippen molar-refractivity contribution in [2.24, 2.45) is 0 Å². The Labute approximate surface area is 283 Å². The average molecular weight is 653 g/mol. The van der Waals surface area contributed by atoms with Crippen LogP contribution in [0.4, 0.5) is 9.59 Å². The monoisotopic (exact) mass is 652 g/mol. The van der Waals surface area contributed by atoms with Crippen molar-refractivity contribution in [2.75, 3.05) is 13.1 Å². The molecule has 0 unspecified atom stereocenters. The molecule has 2 atom stereocenters. The van der Waals surface area contributed by atoms with Crippen LogP contribution in [0, 0.1) is 13.8 Å². The van der Waals surface area contributed by atoms with E-state index in [2.05, 4.69) is 58.5 Å². The van der Waals surface area contributed by atoms with Crippen LogP contribution >= 0.6 is 0 Å². The van der Waals surface area contributed by atoms with E-state index in [0.717, 1.165) is 82.4 Å². The summed E-state index contributed by atoms with van der Waals surface area (Å²) < 4.78 is 11.3. The van der Waals surface area contributed by atoms with Gasteiger partial charge in [-0.2, -0.15) is 0 Å². The maximum absolute atomic E-state index is 12.9. The third-order valence-electron chi connectivity index (χ3n) is 8.85. The predicted molar refractivity (Wildman–Crippen MR) is 186 cm³/mol. The number of nitrogens with one attached hydrogen (secondary N) is 2. The molecule has 2 aliphatic rings. The fraction of sp³-hybridized carbons (Fsp3) is 0.474. The molecule has 6 rings (SSSR count). The second-order valence-electron chi connectivity index (χ2n) is 15.0. The molecule has 2 aliphatic heterocycles. The summed E-state index contributed by atoms with van der Waals surface area (Å²) in [6.45, 7) is 16.7. The number of likely N-dealkylation sites (tertiary alicyclic amines) is 2. The van der Waals surface area contributed by atoms with E-state index in [4.69, 9.17) is 19.4 Å². The highest BCUT2D eigenvalue weighted by molar-refractivity contribution is 5.73. The first-order valence-corrected chi connectivity index (χ1v) is 17.0. The number of carbonyl (C=O) groups is 2. The van der Waals surface area contributed by atoms with Crippen LogP contribution in [-0.4, -0.2) is 66.2 Å². The molecule has 2 aromatic carbocycles. The van der Waals surface area contributed by atoms with Crippen LogP contribution in [0.5, 0.6) is 0 Å². The van der Waals surface area contributed by atoms with E-state index in [1.165, 1.54) is 0 Å². The molecule has 254 valence electrons. The largest absolute Gasteiger partial charge is 0.444 e. The van der Waals surface area contributed by atoms with Gasteiger partial charge in [0.25, 0.3) is 0 Å². The number of aromatic amines is 2. The number of benzene rings is 2. The Kier molecular flexibility index (Phi) is 8.87. The van der Waals surface area contributed by atoms with E-state index < -0.39 is 11.2 Å². The Morgan fingerprint density at radius 3 is 1.29 bits per heavy atom. The molecule has 2 amide bonds. The maximum Gasteiger partial charge on any atom is 0.410 e. The summed E-state index contributed by atoms with van der Waals surface area (Å²) in [5, 5.41) is 0. The highest BCUT2D eigenvalue weighted by Crippen LogP contribution is 2.36. The number of aromatic nitrogens is 4. The van der Waals surface area contributed by atoms with Crippen molar-refractivity contribution in [1.29, 1.82) is 0 Å². The number of rotatable bonds is 5. The molecule has 48 heavy (non-hydrogen) atoms. The van der Waals surface area contributed by atoms with Gasteiger partial charge in [-0.05, 0) is 92.2 Å². The Bertz CT molecular complexity index is 1640. The molecule has 2 aromatic heterocycles. The quantitative estimate of drug-likeness (QED) is 0.222. The number of carbonyl (C=O) groups excluding carboxylic acids is 2. The van der Waals surface area contributed by atoms with Gasteiger partial charge in [0.1, 0.15) is 22.9 Å². The molecule has 10 nitrogen and oxygen atoms in total. The van der Waals surface area contributed by atoms with E-state index in [1.54, 1.807) is 9.80 Å². The van der Waals surface area contributed by atoms with Gasteiger partial charge in [-0.25, -0.2) is 19.6 Å². The van der Waals surface area contributed by atoms with Crippen molar-refractivity contribution in [1.82, 2.24) is 29.7 Å². The third-order valence-corrected chi connectivity index (χ3v) is 8.85. The van der Waals surface area contributed by atoms with Crippen molar-refractivity contribution in [3.63, 3.8) is 0 Å². The molecule has 2 N–H and O–H groups in total. The molecule has 2 saturated heterocycles. The van der Waals surface area contributed by atoms with Crippen molar-refractivity contribution in [3.8, 4) is 33.6 Å². The molecule has 4 heterocycles. The Morgan fingerprint density at radius 2 is 0.958 bits per heavy atom. The molecule has 0 bridgehead atoms. The first kappa shape index (κ1) is 33.3. The van der Waals surface area contributed by atoms with Gasteiger partial charge in [-0.1, -0.05) is 48.5 Å². The van der Waals surface area contributed by atoms with E-state index >= 15 is 0 Å². The van der Waals surface area contributed by atoms with Gasteiger partial charge in [0.15, 0.2) is 0 Å². The van der Waals surface area contributed by atoms with Gasteiger partial charge in [0.2, 0.25) is 0 Å². The molecular formula is C38H48N6O4. The van der Waals surface area contributed by atoms with Crippen LogP contribution < -0.4 is 0 Å². The van der Waals surface area contributed by atoms with Crippen LogP contribution in [0.1, 0.15) is 102 Å². The normalized spacial score (nSPS) is 18.4. The summed E-state index contributed by atoms with van der Waals surface area (Å²) in [6.07, 6.45) is 2.95. The predicted octanol–water partition coefficient (Wildman–Crippen LogP) is 8.89. The highest BCUT2D eigenvalue weighted by atomic mass is 16.6. The van der Waals surface area contributed by atoms with Gasteiger partial charge >= 0.3 is 12.2 Å². The SMILES string of the molecule is Cc1[nH]c([C@@H]2CCCN2C(=O)OC(C)(C)C)nc1-c1ccc(-c2ccc(-c3nc([C@@H]4CCCN4C(=O)OC(C)(C)C)[nH]c3C)cc2)cc1. The zero-order valence-corrected chi connectivity index (χ0v) is 29.4. The van der Waals surface area contributed by atoms with Crippen molar-refractivity contribution in [3.05, 3.63) is 71.6 Å². The van der Waals surface area contributed by atoms with E-state index in [0.29, 0.717) is 13.1 Å². The number of hydrogen-bond donors (Lipinski definition) is 2. The Morgan fingerprint density at radius 1 is 0.625 bits per heavy atom. The standard InChI is InChI=1S/C38H48N6O4/c1-23-31(41-33(39-23)29-11-9-21-43(29)35(45)47-37(3,4)5)27-17-13-25(14-18-27)26-15-19-28(20-16-26)32-24(2)40-34(42-32)30-12-10-22-44(30)36(46)48-38(6,7)8/h13-20,29-30H,9-12,21-22H2,1-8H3,(H,39,41)(H,40,42)/t29-,30-/m0/s1. The highest BCUT2D eigenvalue weighted by Gasteiger charge is 2.36. The summed E-state index contributed by atoms with van der Waals surface area (Å²) in [6, 6.07) is 16.6. The van der Waals surface area contributed by atoms with Gasteiger partial charge < -0.3 is 19.4 Å². The summed E-state index contributed by atoms with van der Waals surface area (Å²) in [4.78, 5) is 46.1. The van der Waals surface area contributed by atoms with Crippen LogP contribution in [0.2, 0.25) is 0 Å². The summed E-state index contributed by atoms with van der Waals surface area (Å²) in [7, 11) is 0. The zero-order valence-electron chi connectivity index (χ0n) is 29.4. The lowest BCUT2D eigenvalue weighted by Gasteiger charge is -2.27. The minimum absolute atomic E-state index is 0.124. The lowest BCUT2D eigenvalue weighted by molar-refractivity contribution is 0.0208. The first-order chi connectivity index (χ1) is 22.7. The fourth-order valence-electron chi connectivity index (χ4n) is 6.67. The van der Waals surface area contributed by atoms with Gasteiger partial charge in [0, 0.05) is 35.6 Å². The lowest BCUT2D eigenvalue weighted by Crippen LogP contribution is -2.36. The van der Waals surface area contributed by atoms with Crippen LogP contribution in [0.25, 0.3) is 33.6 Å². The van der Waals surface area contributed by atoms with Gasteiger partial charge in [-0.15, -0.1) is 0 Å².